The number of hydrogen-bond acceptors (Lipinski definition) is 10. The number of aliphatic hydroxyl groups is 4. The number of aliphatic hydroxyl groups excluding tert-OH is 4. The van der Waals surface area contributed by atoms with Crippen molar-refractivity contribution in [2.24, 2.45) is 0 Å². The summed E-state index contributed by atoms with van der Waals surface area (Å²) >= 11 is 0. The molecule has 0 spiro atoms. The molecule has 0 fully saturated rings. The maximum absolute atomic E-state index is 10.5. The summed E-state index contributed by atoms with van der Waals surface area (Å²) < 4.78 is 38.4. The van der Waals surface area contributed by atoms with E-state index in [0.29, 0.717) is 0 Å². The van der Waals surface area contributed by atoms with E-state index in [4.69, 9.17) is 37.9 Å². The van der Waals surface area contributed by atoms with Crippen molar-refractivity contribution in [1.29, 1.82) is 0 Å². The second kappa shape index (κ2) is 7.72. The van der Waals surface area contributed by atoms with E-state index in [2.05, 4.69) is 4.74 Å². The topological polar surface area (TPSA) is 187 Å². The molecule has 4 N–H and O–H groups in total. The second-order valence-corrected chi connectivity index (χ2v) is 3.53. The first kappa shape index (κ1) is 19.7. The van der Waals surface area contributed by atoms with Crippen molar-refractivity contribution in [1.82, 2.24) is 0 Å². The Labute approximate surface area is 117 Å². The molecule has 18 heavy (non-hydrogen) atoms. The van der Waals surface area contributed by atoms with E-state index in [9.17, 15) is 4.79 Å². The first-order chi connectivity index (χ1) is 7.57. The fourth-order valence-corrected chi connectivity index (χ4v) is 0.823. The maximum Gasteiger partial charge on any atom is 2.00 e. The van der Waals surface area contributed by atoms with Gasteiger partial charge < -0.3 is 34.3 Å². The van der Waals surface area contributed by atoms with Gasteiger partial charge in [0.05, 0.1) is 6.61 Å². The number of carbonyl (C=O) groups excluding carboxylic acids is 1. The van der Waals surface area contributed by atoms with Crippen LogP contribution in [0.4, 0.5) is 0 Å². The molecule has 0 amide bonds. The molecule has 0 radical (unpaired) electrons. The number of rotatable bonds is 2. The molecule has 0 saturated carbocycles. The molecule has 0 bridgehead atoms. The molecule has 2 atom stereocenters. The summed E-state index contributed by atoms with van der Waals surface area (Å²) in [6, 6.07) is 0. The van der Waals surface area contributed by atoms with Gasteiger partial charge in [-0.15, -0.1) is 0 Å². The quantitative estimate of drug-likeness (QED) is 0.175. The molecule has 0 aromatic carbocycles. The molecular weight excluding hydrogens is 288 g/mol. The van der Waals surface area contributed by atoms with E-state index < -0.39 is 46.7 Å². The van der Waals surface area contributed by atoms with Gasteiger partial charge >= 0.3 is 29.0 Å². The van der Waals surface area contributed by atoms with Gasteiger partial charge in [0.2, 0.25) is 5.76 Å². The molecule has 0 aromatic rings. The Morgan fingerprint density at radius 3 is 1.94 bits per heavy atom. The molecule has 100 valence electrons. The molecule has 0 saturated heterocycles. The minimum Gasteiger partial charge on any atom is -0.759 e. The molecule has 12 heteroatoms. The van der Waals surface area contributed by atoms with Crippen LogP contribution in [-0.4, -0.2) is 85.8 Å². The van der Waals surface area contributed by atoms with Crippen molar-refractivity contribution < 1.29 is 47.5 Å². The van der Waals surface area contributed by atoms with Crippen molar-refractivity contribution in [2.75, 3.05) is 6.61 Å². The molecular formula is C6H8MgO10S. The molecule has 1 aliphatic rings. The number of hydrogen-bond donors (Lipinski definition) is 4. The number of esters is 1. The Balaban J connectivity index is 0. The van der Waals surface area contributed by atoms with E-state index in [1.54, 1.807) is 0 Å². The van der Waals surface area contributed by atoms with Gasteiger partial charge in [0.15, 0.2) is 11.9 Å². The van der Waals surface area contributed by atoms with Gasteiger partial charge in [0.1, 0.15) is 6.10 Å². The third kappa shape index (κ3) is 6.95. The van der Waals surface area contributed by atoms with Crippen LogP contribution in [0.5, 0.6) is 0 Å². The van der Waals surface area contributed by atoms with Crippen molar-refractivity contribution in [3.8, 4) is 0 Å². The van der Waals surface area contributed by atoms with Gasteiger partial charge in [0, 0.05) is 10.4 Å². The van der Waals surface area contributed by atoms with E-state index in [1.807, 2.05) is 0 Å². The van der Waals surface area contributed by atoms with Crippen LogP contribution in [-0.2, 0) is 19.9 Å². The Hall–Kier alpha value is -0.634. The third-order valence-electron chi connectivity index (χ3n) is 1.48. The molecule has 1 aliphatic heterocycles. The SMILES string of the molecule is O=C1O[C@H]([C@@H](O)CO)C(O)=C1O.O=S(=O)([O-])[O-].[Mg+2]. The zero-order valence-electron chi connectivity index (χ0n) is 8.72. The summed E-state index contributed by atoms with van der Waals surface area (Å²) in [4.78, 5) is 10.5. The van der Waals surface area contributed by atoms with Crippen molar-refractivity contribution >= 4 is 39.4 Å². The van der Waals surface area contributed by atoms with E-state index in [0.717, 1.165) is 0 Å². The Bertz CT molecular complexity index is 406. The van der Waals surface area contributed by atoms with Crippen LogP contribution in [0.3, 0.4) is 0 Å². The first-order valence-corrected chi connectivity index (χ1v) is 5.20. The fraction of sp³-hybridized carbons (Fsp3) is 0.500. The van der Waals surface area contributed by atoms with Gasteiger partial charge in [-0.3, -0.25) is 8.42 Å². The van der Waals surface area contributed by atoms with Crippen LogP contribution in [0.15, 0.2) is 11.5 Å². The zero-order chi connectivity index (χ0) is 13.8. The predicted molar refractivity (Wildman–Crippen MR) is 51.5 cm³/mol. The Morgan fingerprint density at radius 2 is 1.72 bits per heavy atom. The molecule has 10 nitrogen and oxygen atoms in total. The zero-order valence-corrected chi connectivity index (χ0v) is 10.9. The Morgan fingerprint density at radius 1 is 1.33 bits per heavy atom. The van der Waals surface area contributed by atoms with Crippen LogP contribution in [0, 0.1) is 0 Å². The predicted octanol–water partition coefficient (Wildman–Crippen LogP) is -3.13. The van der Waals surface area contributed by atoms with E-state index >= 15 is 0 Å². The van der Waals surface area contributed by atoms with Gasteiger partial charge in [0.25, 0.3) is 0 Å². The van der Waals surface area contributed by atoms with Crippen molar-refractivity contribution in [3.05, 3.63) is 11.5 Å². The van der Waals surface area contributed by atoms with Crippen LogP contribution in [0.2, 0.25) is 0 Å². The largest absolute Gasteiger partial charge is 2.00 e. The minimum absolute atomic E-state index is 0. The summed E-state index contributed by atoms with van der Waals surface area (Å²) in [6.45, 7) is -0.671. The fourth-order valence-electron chi connectivity index (χ4n) is 0.823. The summed E-state index contributed by atoms with van der Waals surface area (Å²) in [5, 5.41) is 35.0. The maximum atomic E-state index is 10.5. The average Bonchev–Trinajstić information content (AvgIpc) is 2.42. The summed E-state index contributed by atoms with van der Waals surface area (Å²) in [6.07, 6.45) is -2.78. The Kier molecular flexibility index (Phi) is 8.45. The molecule has 0 aliphatic carbocycles. The minimum atomic E-state index is -5.17. The van der Waals surface area contributed by atoms with Crippen molar-refractivity contribution in [3.63, 3.8) is 0 Å². The van der Waals surface area contributed by atoms with E-state index in [-0.39, 0.29) is 23.1 Å². The number of cyclic esters (lactones) is 1. The monoisotopic (exact) mass is 296 g/mol. The smallest absolute Gasteiger partial charge is 0.759 e. The van der Waals surface area contributed by atoms with Gasteiger partial charge in [-0.05, 0) is 0 Å². The normalized spacial score (nSPS) is 20.4. The second-order valence-electron chi connectivity index (χ2n) is 2.72. The van der Waals surface area contributed by atoms with E-state index in [1.165, 1.54) is 0 Å². The van der Waals surface area contributed by atoms with Crippen LogP contribution >= 0.6 is 0 Å². The molecule has 1 heterocycles. The molecule has 1 rings (SSSR count). The third-order valence-corrected chi connectivity index (χ3v) is 1.48. The average molecular weight is 296 g/mol. The van der Waals surface area contributed by atoms with Crippen LogP contribution < -0.4 is 0 Å². The van der Waals surface area contributed by atoms with Crippen molar-refractivity contribution in [2.45, 2.75) is 12.2 Å². The van der Waals surface area contributed by atoms with Crippen LogP contribution in [0.25, 0.3) is 0 Å². The summed E-state index contributed by atoms with van der Waals surface area (Å²) in [5.74, 6) is -2.78. The molecule has 0 unspecified atom stereocenters. The van der Waals surface area contributed by atoms with Crippen LogP contribution in [0.1, 0.15) is 0 Å². The van der Waals surface area contributed by atoms with Gasteiger partial charge in [-0.2, -0.15) is 0 Å². The van der Waals surface area contributed by atoms with Gasteiger partial charge in [-0.25, -0.2) is 4.79 Å². The number of carbonyl (C=O) groups is 1. The number of ether oxygens (including phenoxy) is 1. The summed E-state index contributed by atoms with van der Waals surface area (Å²) in [5.41, 5.74) is 0. The summed E-state index contributed by atoms with van der Waals surface area (Å²) in [7, 11) is -5.17. The van der Waals surface area contributed by atoms with Gasteiger partial charge in [-0.1, -0.05) is 0 Å². The first-order valence-electron chi connectivity index (χ1n) is 3.86. The molecule has 0 aromatic heterocycles. The standard InChI is InChI=1S/C6H8O6.Mg.H2O4S/c7-1-2(8)5-3(9)4(10)6(11)12-5;;1-5(2,3)4/h2,5,7-10H,1H2;;(H2,1,2,3,4)/q;+2;/p-2/t2-,5+;;/m0../s1.